The van der Waals surface area contributed by atoms with Gasteiger partial charge in [-0.3, -0.25) is 14.4 Å². The van der Waals surface area contributed by atoms with Gasteiger partial charge in [0.15, 0.2) is 0 Å². The number of hydroxylamine groups is 2. The molecule has 0 aliphatic rings. The van der Waals surface area contributed by atoms with Crippen molar-refractivity contribution in [3.63, 3.8) is 0 Å². The second-order valence-electron chi connectivity index (χ2n) is 11.7. The first-order chi connectivity index (χ1) is 24.1. The molecule has 5 rings (SSSR count). The van der Waals surface area contributed by atoms with Gasteiger partial charge in [0.2, 0.25) is 0 Å². The Morgan fingerprint density at radius 2 is 0.857 bits per heavy atom. The Morgan fingerprint density at radius 1 is 0.510 bits per heavy atom. The molecule has 2 atom stereocenters. The number of nitrogens with zero attached hydrogens (tertiary/aromatic N) is 1. The van der Waals surface area contributed by atoms with Crippen molar-refractivity contribution in [3.8, 4) is 0 Å². The lowest BCUT2D eigenvalue weighted by molar-refractivity contribution is -0.154. The lowest BCUT2D eigenvalue weighted by Gasteiger charge is -2.21. The minimum Gasteiger partial charge on any atom is -0.346 e. The van der Waals surface area contributed by atoms with E-state index in [0.717, 1.165) is 16.7 Å². The molecule has 0 aromatic heterocycles. The molecular weight excluding hydrogens is 606 g/mol. The molecule has 0 aliphatic carbocycles. The summed E-state index contributed by atoms with van der Waals surface area (Å²) in [5.74, 6) is -0.235. The lowest BCUT2D eigenvalue weighted by Crippen LogP contribution is -2.35. The molecule has 5 aromatic rings. The van der Waals surface area contributed by atoms with Crippen molar-refractivity contribution in [1.82, 2.24) is 15.7 Å². The van der Waals surface area contributed by atoms with E-state index in [1.165, 1.54) is 0 Å². The van der Waals surface area contributed by atoms with Crippen LogP contribution in [0.25, 0.3) is 0 Å². The molecule has 2 amide bonds. The standard InChI is InChI=1S/C43H43N3O3/c47-42(38-24-12-4-13-25-38)44-40(32-35-18-6-1-7-19-35)28-16-30-46(49-34-37-22-10-3-11-23-37)31-17-29-41(33-36-20-8-2-9-21-36)45-43(48)39-26-14-5-15-27-39/h1-29,40-41H,30-34H2,(H,44,47)(H,45,48)/b28-16+,29-17+/t40-,41-/m1/s1. The quantitative estimate of drug-likeness (QED) is 0.0804. The first-order valence-corrected chi connectivity index (χ1v) is 16.7. The molecule has 0 spiro atoms. The second kappa shape index (κ2) is 19.3. The normalized spacial score (nSPS) is 12.6. The smallest absolute Gasteiger partial charge is 0.251 e. The van der Waals surface area contributed by atoms with Crippen LogP contribution in [0.5, 0.6) is 0 Å². The largest absolute Gasteiger partial charge is 0.346 e. The van der Waals surface area contributed by atoms with Crippen LogP contribution in [0.1, 0.15) is 37.4 Å². The minimum atomic E-state index is -0.218. The molecule has 49 heavy (non-hydrogen) atoms. The van der Waals surface area contributed by atoms with Gasteiger partial charge < -0.3 is 10.6 Å². The fourth-order valence-electron chi connectivity index (χ4n) is 5.36. The fourth-order valence-corrected chi connectivity index (χ4v) is 5.36. The van der Waals surface area contributed by atoms with Gasteiger partial charge in [-0.05, 0) is 53.8 Å². The van der Waals surface area contributed by atoms with Gasteiger partial charge in [-0.15, -0.1) is 0 Å². The van der Waals surface area contributed by atoms with Gasteiger partial charge in [0.1, 0.15) is 0 Å². The molecule has 0 fully saturated rings. The third-order valence-corrected chi connectivity index (χ3v) is 7.91. The van der Waals surface area contributed by atoms with Gasteiger partial charge in [0.05, 0.1) is 18.7 Å². The van der Waals surface area contributed by atoms with E-state index in [1.54, 1.807) is 0 Å². The first-order valence-electron chi connectivity index (χ1n) is 16.7. The summed E-state index contributed by atoms with van der Waals surface area (Å²) in [6.45, 7) is 1.39. The van der Waals surface area contributed by atoms with Crippen LogP contribution in [0.3, 0.4) is 0 Å². The summed E-state index contributed by atoms with van der Waals surface area (Å²) in [6.07, 6.45) is 9.46. The molecule has 6 heteroatoms. The Kier molecular flexibility index (Phi) is 13.7. The fraction of sp³-hybridized carbons (Fsp3) is 0.163. The summed E-state index contributed by atoms with van der Waals surface area (Å²) in [4.78, 5) is 32.5. The number of carbonyl (C=O) groups is 2. The van der Waals surface area contributed by atoms with E-state index in [9.17, 15) is 9.59 Å². The van der Waals surface area contributed by atoms with Gasteiger partial charge >= 0.3 is 0 Å². The van der Waals surface area contributed by atoms with E-state index in [1.807, 2.05) is 157 Å². The van der Waals surface area contributed by atoms with Crippen LogP contribution in [0, 0.1) is 0 Å². The zero-order chi connectivity index (χ0) is 33.9. The number of benzene rings is 5. The Bertz CT molecular complexity index is 1630. The molecule has 0 bridgehead atoms. The van der Waals surface area contributed by atoms with Gasteiger partial charge in [0.25, 0.3) is 11.8 Å². The van der Waals surface area contributed by atoms with Gasteiger partial charge in [0, 0.05) is 24.2 Å². The monoisotopic (exact) mass is 649 g/mol. The topological polar surface area (TPSA) is 70.7 Å². The number of hydrogen-bond acceptors (Lipinski definition) is 4. The van der Waals surface area contributed by atoms with Crippen LogP contribution in [-0.4, -0.2) is 42.1 Å². The van der Waals surface area contributed by atoms with Crippen LogP contribution >= 0.6 is 0 Å². The van der Waals surface area contributed by atoms with Crippen molar-refractivity contribution in [1.29, 1.82) is 0 Å². The average Bonchev–Trinajstić information content (AvgIpc) is 3.15. The molecule has 0 aliphatic heterocycles. The van der Waals surface area contributed by atoms with Crippen LogP contribution in [-0.2, 0) is 24.3 Å². The molecular formula is C43H43N3O3. The van der Waals surface area contributed by atoms with Crippen molar-refractivity contribution in [3.05, 3.63) is 204 Å². The summed E-state index contributed by atoms with van der Waals surface area (Å²) in [7, 11) is 0. The Labute approximate surface area is 289 Å². The highest BCUT2D eigenvalue weighted by Gasteiger charge is 2.14. The van der Waals surface area contributed by atoms with E-state index in [2.05, 4.69) is 34.9 Å². The van der Waals surface area contributed by atoms with E-state index >= 15 is 0 Å². The Balaban J connectivity index is 1.29. The van der Waals surface area contributed by atoms with E-state index in [0.29, 0.717) is 43.7 Å². The molecule has 0 unspecified atom stereocenters. The summed E-state index contributed by atoms with van der Waals surface area (Å²) in [5.41, 5.74) is 4.57. The summed E-state index contributed by atoms with van der Waals surface area (Å²) in [6, 6.07) is 48.4. The number of carbonyl (C=O) groups excluding carboxylic acids is 2. The van der Waals surface area contributed by atoms with Crippen LogP contribution in [0.15, 0.2) is 176 Å². The van der Waals surface area contributed by atoms with Crippen molar-refractivity contribution in [2.45, 2.75) is 31.5 Å². The lowest BCUT2D eigenvalue weighted by atomic mass is 10.0. The van der Waals surface area contributed by atoms with Crippen LogP contribution in [0.4, 0.5) is 0 Å². The average molecular weight is 650 g/mol. The molecule has 2 N–H and O–H groups in total. The third-order valence-electron chi connectivity index (χ3n) is 7.91. The van der Waals surface area contributed by atoms with Gasteiger partial charge in [-0.1, -0.05) is 152 Å². The zero-order valence-electron chi connectivity index (χ0n) is 27.6. The summed E-state index contributed by atoms with van der Waals surface area (Å²) >= 11 is 0. The summed E-state index contributed by atoms with van der Waals surface area (Å²) in [5, 5.41) is 8.26. The zero-order valence-corrected chi connectivity index (χ0v) is 27.6. The van der Waals surface area contributed by atoms with Crippen molar-refractivity contribution in [2.24, 2.45) is 0 Å². The highest BCUT2D eigenvalue weighted by atomic mass is 16.7. The predicted molar refractivity (Wildman–Crippen MR) is 197 cm³/mol. The minimum absolute atomic E-state index is 0.117. The maximum atomic E-state index is 13.1. The molecule has 0 saturated carbocycles. The van der Waals surface area contributed by atoms with E-state index in [-0.39, 0.29) is 23.9 Å². The molecule has 248 valence electrons. The predicted octanol–water partition coefficient (Wildman–Crippen LogP) is 7.62. The number of hydrogen-bond donors (Lipinski definition) is 2. The number of rotatable bonds is 17. The van der Waals surface area contributed by atoms with Crippen molar-refractivity contribution >= 4 is 11.8 Å². The third kappa shape index (κ3) is 12.2. The van der Waals surface area contributed by atoms with Crippen LogP contribution < -0.4 is 10.6 Å². The van der Waals surface area contributed by atoms with Gasteiger partial charge in [-0.2, -0.15) is 5.06 Å². The maximum Gasteiger partial charge on any atom is 0.251 e. The van der Waals surface area contributed by atoms with E-state index < -0.39 is 0 Å². The number of nitrogens with one attached hydrogen (secondary N) is 2. The van der Waals surface area contributed by atoms with Crippen molar-refractivity contribution < 1.29 is 14.4 Å². The SMILES string of the molecule is O=C(N[C@H](/C=C/CN(C/C=C/[C@H](Cc1ccccc1)NC(=O)c1ccccc1)OCc1ccccc1)Cc1ccccc1)c1ccccc1. The highest BCUT2D eigenvalue weighted by Crippen LogP contribution is 2.10. The Morgan fingerprint density at radius 3 is 1.24 bits per heavy atom. The molecule has 0 heterocycles. The van der Waals surface area contributed by atoms with E-state index in [4.69, 9.17) is 4.84 Å². The maximum absolute atomic E-state index is 13.1. The summed E-state index contributed by atoms with van der Waals surface area (Å²) < 4.78 is 0. The molecule has 5 aromatic carbocycles. The van der Waals surface area contributed by atoms with Crippen LogP contribution in [0.2, 0.25) is 0 Å². The Hall–Kier alpha value is -5.56. The number of amides is 2. The first kappa shape index (κ1) is 34.8. The second-order valence-corrected chi connectivity index (χ2v) is 11.7. The highest BCUT2D eigenvalue weighted by molar-refractivity contribution is 5.95. The molecule has 0 saturated heterocycles. The molecule has 0 radical (unpaired) electrons. The van der Waals surface area contributed by atoms with Gasteiger partial charge in [-0.25, -0.2) is 0 Å². The molecule has 6 nitrogen and oxygen atoms in total. The van der Waals surface area contributed by atoms with Crippen molar-refractivity contribution in [2.75, 3.05) is 13.1 Å².